The number of amides is 2. The summed E-state index contributed by atoms with van der Waals surface area (Å²) in [7, 11) is 1.14. The Labute approximate surface area is 187 Å². The first-order valence-corrected chi connectivity index (χ1v) is 11.1. The molecule has 2 saturated heterocycles. The highest BCUT2D eigenvalue weighted by Gasteiger charge is 2.62. The van der Waals surface area contributed by atoms with Crippen LogP contribution in [-0.4, -0.2) is 94.8 Å². The Hall–Kier alpha value is -1.79. The first-order chi connectivity index (χ1) is 15.2. The van der Waals surface area contributed by atoms with Crippen LogP contribution in [0.4, 0.5) is 4.79 Å². The van der Waals surface area contributed by atoms with Gasteiger partial charge in [0.1, 0.15) is 30.5 Å². The van der Waals surface area contributed by atoms with Gasteiger partial charge in [0.25, 0.3) is 5.79 Å². The molecule has 0 aromatic rings. The van der Waals surface area contributed by atoms with Crippen LogP contribution in [-0.2, 0) is 28.5 Å². The Morgan fingerprint density at radius 3 is 2.47 bits per heavy atom. The number of aliphatic hydroxyl groups is 3. The number of esters is 1. The molecule has 6 atom stereocenters. The highest BCUT2D eigenvalue weighted by Crippen LogP contribution is 2.41. The number of imide groups is 1. The molecule has 1 unspecified atom stereocenters. The Morgan fingerprint density at radius 1 is 1.22 bits per heavy atom. The average molecular weight is 462 g/mol. The first kappa shape index (κ1) is 26.5. The number of methoxy groups -OCH3 is 1. The van der Waals surface area contributed by atoms with Gasteiger partial charge in [-0.2, -0.15) is 0 Å². The van der Waals surface area contributed by atoms with Crippen molar-refractivity contribution in [2.24, 2.45) is 0 Å². The molecule has 0 aromatic carbocycles. The molecule has 0 saturated carbocycles. The van der Waals surface area contributed by atoms with Crippen molar-refractivity contribution < 1.29 is 48.7 Å². The molecule has 0 aliphatic carbocycles. The zero-order valence-corrected chi connectivity index (χ0v) is 18.9. The molecule has 0 spiro atoms. The van der Waals surface area contributed by atoms with Crippen LogP contribution in [0.2, 0.25) is 0 Å². The predicted octanol–water partition coefficient (Wildman–Crippen LogP) is 0.472. The molecular formula is C21H35NO10. The smallest absolute Gasteiger partial charge is 0.417 e. The fourth-order valence-corrected chi connectivity index (χ4v) is 4.16. The van der Waals surface area contributed by atoms with E-state index >= 15 is 0 Å². The predicted molar refractivity (Wildman–Crippen MR) is 109 cm³/mol. The highest BCUT2D eigenvalue weighted by molar-refractivity contribution is 5.92. The molecule has 2 fully saturated rings. The second kappa shape index (κ2) is 11.9. The molecule has 3 N–H and O–H groups in total. The highest BCUT2D eigenvalue weighted by atomic mass is 16.7. The maximum absolute atomic E-state index is 12.7. The Kier molecular flexibility index (Phi) is 9.83. The van der Waals surface area contributed by atoms with Crippen LogP contribution < -0.4 is 0 Å². The fraction of sp³-hybridized carbons (Fsp3) is 0.857. The van der Waals surface area contributed by atoms with Gasteiger partial charge in [0.2, 0.25) is 5.91 Å². The van der Waals surface area contributed by atoms with Crippen LogP contribution in [0.1, 0.15) is 58.8 Å². The number of unbranched alkanes of at least 4 members (excludes halogenated alkanes) is 5. The van der Waals surface area contributed by atoms with Crippen LogP contribution in [0, 0.1) is 0 Å². The number of hydrogen-bond acceptors (Lipinski definition) is 10. The molecule has 2 aliphatic heterocycles. The lowest BCUT2D eigenvalue weighted by Gasteiger charge is -2.45. The molecule has 2 amide bonds. The van der Waals surface area contributed by atoms with E-state index in [-0.39, 0.29) is 13.0 Å². The second-order valence-electron chi connectivity index (χ2n) is 8.19. The van der Waals surface area contributed by atoms with Gasteiger partial charge in [0, 0.05) is 6.92 Å². The largest absolute Gasteiger partial charge is 0.465 e. The molecule has 2 aliphatic rings. The van der Waals surface area contributed by atoms with Crippen molar-refractivity contribution in [1.82, 2.24) is 4.90 Å². The van der Waals surface area contributed by atoms with Crippen LogP contribution in [0.3, 0.4) is 0 Å². The summed E-state index contributed by atoms with van der Waals surface area (Å²) in [5.41, 5.74) is 0. The SMILES string of the molecule is CCCCCCCCO[C@]1(C(=O)OC)CC2OC(=O)N(C(C)=O)[C@H]2[C@H]([C@H](O)[C@H](O)CO)O1. The van der Waals surface area contributed by atoms with Gasteiger partial charge in [-0.25, -0.2) is 14.5 Å². The molecule has 2 heterocycles. The number of rotatable bonds is 12. The maximum atomic E-state index is 12.7. The van der Waals surface area contributed by atoms with E-state index in [2.05, 4.69) is 6.92 Å². The third kappa shape index (κ3) is 5.76. The Morgan fingerprint density at radius 2 is 1.88 bits per heavy atom. The Bertz CT molecular complexity index is 658. The van der Waals surface area contributed by atoms with Crippen LogP contribution in [0.25, 0.3) is 0 Å². The van der Waals surface area contributed by atoms with E-state index in [1.54, 1.807) is 0 Å². The summed E-state index contributed by atoms with van der Waals surface area (Å²) >= 11 is 0. The molecule has 0 radical (unpaired) electrons. The van der Waals surface area contributed by atoms with Crippen molar-refractivity contribution in [3.8, 4) is 0 Å². The molecule has 11 nitrogen and oxygen atoms in total. The third-order valence-electron chi connectivity index (χ3n) is 5.85. The summed E-state index contributed by atoms with van der Waals surface area (Å²) in [6.45, 7) is 2.61. The van der Waals surface area contributed by atoms with Gasteiger partial charge in [-0.15, -0.1) is 0 Å². The van der Waals surface area contributed by atoms with Crippen molar-refractivity contribution in [2.75, 3.05) is 20.3 Å². The van der Waals surface area contributed by atoms with Crippen LogP contribution in [0.5, 0.6) is 0 Å². The number of carbonyl (C=O) groups excluding carboxylic acids is 3. The van der Waals surface area contributed by atoms with Gasteiger partial charge in [0.05, 0.1) is 26.7 Å². The standard InChI is InChI=1S/C21H35NO10/c1-4-5-6-7-8-9-10-30-21(19(27)29-3)11-15-16(22(13(2)24)20(28)31-15)18(32-21)17(26)14(25)12-23/h14-18,23,25-26H,4-12H2,1-3H3/t14-,15?,16-,17-,18-,21-/m1/s1. The van der Waals surface area contributed by atoms with E-state index in [1.165, 1.54) is 0 Å². The average Bonchev–Trinajstić information content (AvgIpc) is 3.11. The van der Waals surface area contributed by atoms with Gasteiger partial charge in [-0.1, -0.05) is 39.0 Å². The summed E-state index contributed by atoms with van der Waals surface area (Å²) < 4.78 is 21.8. The summed E-state index contributed by atoms with van der Waals surface area (Å²) in [5, 5.41) is 29.9. The van der Waals surface area contributed by atoms with Crippen molar-refractivity contribution in [2.45, 2.75) is 95.0 Å². The number of carbonyl (C=O) groups is 3. The minimum Gasteiger partial charge on any atom is -0.465 e. The van der Waals surface area contributed by atoms with Crippen molar-refractivity contribution in [1.29, 1.82) is 0 Å². The lowest BCUT2D eigenvalue weighted by Crippen LogP contribution is -2.66. The zero-order chi connectivity index (χ0) is 23.9. The van der Waals surface area contributed by atoms with Gasteiger partial charge in [-0.05, 0) is 6.42 Å². The lowest BCUT2D eigenvalue weighted by atomic mass is 9.88. The molecule has 2 rings (SSSR count). The maximum Gasteiger partial charge on any atom is 0.417 e. The van der Waals surface area contributed by atoms with E-state index in [9.17, 15) is 29.7 Å². The van der Waals surface area contributed by atoms with Gasteiger partial charge in [0.15, 0.2) is 0 Å². The van der Waals surface area contributed by atoms with E-state index in [0.717, 1.165) is 51.0 Å². The van der Waals surface area contributed by atoms with Gasteiger partial charge < -0.3 is 34.3 Å². The van der Waals surface area contributed by atoms with E-state index in [1.807, 2.05) is 0 Å². The molecule has 0 aromatic heterocycles. The van der Waals surface area contributed by atoms with Crippen molar-refractivity contribution in [3.63, 3.8) is 0 Å². The van der Waals surface area contributed by atoms with Crippen LogP contribution in [0.15, 0.2) is 0 Å². The van der Waals surface area contributed by atoms with E-state index < -0.39 is 60.8 Å². The molecule has 0 bridgehead atoms. The van der Waals surface area contributed by atoms with Crippen LogP contribution >= 0.6 is 0 Å². The fourth-order valence-electron chi connectivity index (χ4n) is 4.16. The summed E-state index contributed by atoms with van der Waals surface area (Å²) in [6, 6.07) is -1.12. The summed E-state index contributed by atoms with van der Waals surface area (Å²) in [5.74, 6) is -3.55. The summed E-state index contributed by atoms with van der Waals surface area (Å²) in [4.78, 5) is 37.8. The third-order valence-corrected chi connectivity index (χ3v) is 5.85. The number of aliphatic hydroxyl groups excluding tert-OH is 3. The molecular weight excluding hydrogens is 426 g/mol. The van der Waals surface area contributed by atoms with Crippen molar-refractivity contribution in [3.05, 3.63) is 0 Å². The number of hydrogen-bond donors (Lipinski definition) is 3. The van der Waals surface area contributed by atoms with E-state index in [0.29, 0.717) is 6.42 Å². The van der Waals surface area contributed by atoms with E-state index in [4.69, 9.17) is 18.9 Å². The normalized spacial score (nSPS) is 29.2. The Balaban J connectivity index is 2.25. The zero-order valence-electron chi connectivity index (χ0n) is 18.9. The molecule has 32 heavy (non-hydrogen) atoms. The van der Waals surface area contributed by atoms with Crippen molar-refractivity contribution >= 4 is 18.0 Å². The second-order valence-corrected chi connectivity index (χ2v) is 8.19. The summed E-state index contributed by atoms with van der Waals surface area (Å²) in [6.07, 6.45) is -1.21. The first-order valence-electron chi connectivity index (χ1n) is 11.1. The minimum absolute atomic E-state index is 0.147. The number of ether oxygens (including phenoxy) is 4. The quantitative estimate of drug-likeness (QED) is 0.276. The van der Waals surface area contributed by atoms with Gasteiger partial charge >= 0.3 is 12.1 Å². The topological polar surface area (TPSA) is 152 Å². The monoisotopic (exact) mass is 461 g/mol. The van der Waals surface area contributed by atoms with Gasteiger partial charge in [-0.3, -0.25) is 4.79 Å². The number of fused-ring (bicyclic) bond motifs is 1. The molecule has 11 heteroatoms. The molecule has 184 valence electrons. The number of nitrogens with zero attached hydrogens (tertiary/aromatic N) is 1. The lowest BCUT2D eigenvalue weighted by molar-refractivity contribution is -0.310. The minimum atomic E-state index is -2.01.